The third-order valence-corrected chi connectivity index (χ3v) is 20.0. The van der Waals surface area contributed by atoms with Gasteiger partial charge in [0.1, 0.15) is 0 Å². The highest BCUT2D eigenvalue weighted by Crippen LogP contribution is 2.21. The molecule has 0 spiro atoms. The van der Waals surface area contributed by atoms with Crippen LogP contribution in [0.2, 0.25) is 0 Å². The number of carbonyl (C=O) groups excluding carboxylic acids is 2. The average Bonchev–Trinajstić information content (AvgIpc) is 3.67. The summed E-state index contributed by atoms with van der Waals surface area (Å²) < 4.78 is 5.51. The smallest absolute Gasteiger partial charge is 0.305 e. The normalized spacial score (nSPS) is 12.5. The minimum atomic E-state index is -0.664. The Morgan fingerprint density at radius 1 is 0.308 bits per heavy atom. The van der Waals surface area contributed by atoms with Crippen molar-refractivity contribution in [2.75, 3.05) is 13.2 Å². The largest absolute Gasteiger partial charge is 0.466 e. The number of amides is 1. The summed E-state index contributed by atoms with van der Waals surface area (Å²) in [5.41, 5.74) is 0. The number of aliphatic hydroxyl groups excluding tert-OH is 2. The highest BCUT2D eigenvalue weighted by Gasteiger charge is 2.20. The van der Waals surface area contributed by atoms with Crippen LogP contribution in [0.15, 0.2) is 24.3 Å². The first kappa shape index (κ1) is 89.3. The Balaban J connectivity index is 3.36. The molecule has 0 aliphatic rings. The van der Waals surface area contributed by atoms with Crippen LogP contribution in [0.4, 0.5) is 0 Å². The van der Waals surface area contributed by atoms with Gasteiger partial charge in [0.2, 0.25) is 5.91 Å². The maximum atomic E-state index is 12.6. The van der Waals surface area contributed by atoms with Gasteiger partial charge in [0.05, 0.1) is 25.4 Å². The van der Waals surface area contributed by atoms with Gasteiger partial charge in [-0.25, -0.2) is 0 Å². The van der Waals surface area contributed by atoms with Crippen LogP contribution in [0.5, 0.6) is 0 Å². The standard InChI is InChI=1S/C85H165NO5/c1-3-5-7-9-11-13-15-17-19-21-22-23-37-40-43-46-49-53-57-61-65-69-73-77-83(88)82(81-87)86-84(89)78-74-70-66-62-58-54-50-47-44-41-38-35-33-31-29-27-25-24-26-28-30-32-34-36-39-42-45-48-52-56-60-64-68-72-76-80-91-85(90)79-75-71-67-63-59-55-51-20-18-16-14-12-10-8-6-4-2/h26,28,32,34,82-83,87-88H,3-25,27,29-31,33,35-81H2,1-2H3,(H,86,89)/b28-26-,34-32-. The Bertz CT molecular complexity index is 1430. The maximum Gasteiger partial charge on any atom is 0.305 e. The summed E-state index contributed by atoms with van der Waals surface area (Å²) in [6, 6.07) is -0.541. The molecule has 6 heteroatoms. The topological polar surface area (TPSA) is 95.9 Å². The molecular formula is C85H165NO5. The van der Waals surface area contributed by atoms with Crippen molar-refractivity contribution in [2.45, 2.75) is 495 Å². The number of ether oxygens (including phenoxy) is 1. The summed E-state index contributed by atoms with van der Waals surface area (Å²) in [5, 5.41) is 23.5. The van der Waals surface area contributed by atoms with E-state index in [0.29, 0.717) is 25.9 Å². The molecule has 1 amide bonds. The van der Waals surface area contributed by atoms with E-state index in [-0.39, 0.29) is 18.5 Å². The Hall–Kier alpha value is -1.66. The number of hydrogen-bond acceptors (Lipinski definition) is 5. The molecule has 0 bridgehead atoms. The van der Waals surface area contributed by atoms with E-state index in [1.165, 1.54) is 405 Å². The van der Waals surface area contributed by atoms with Crippen LogP contribution >= 0.6 is 0 Å². The van der Waals surface area contributed by atoms with E-state index in [4.69, 9.17) is 4.74 Å². The van der Waals surface area contributed by atoms with Crippen LogP contribution in [-0.2, 0) is 14.3 Å². The van der Waals surface area contributed by atoms with Crippen molar-refractivity contribution in [3.8, 4) is 0 Å². The van der Waals surface area contributed by atoms with Crippen molar-refractivity contribution >= 4 is 11.9 Å². The van der Waals surface area contributed by atoms with Gasteiger partial charge in [0, 0.05) is 12.8 Å². The third kappa shape index (κ3) is 77.2. The zero-order valence-electron chi connectivity index (χ0n) is 62.1. The molecule has 0 aromatic rings. The van der Waals surface area contributed by atoms with Crippen molar-refractivity contribution in [3.63, 3.8) is 0 Å². The number of esters is 1. The van der Waals surface area contributed by atoms with Gasteiger partial charge in [0.15, 0.2) is 0 Å². The second-order valence-electron chi connectivity index (χ2n) is 29.2. The number of unbranched alkanes of at least 4 members (excludes halogenated alkanes) is 65. The van der Waals surface area contributed by atoms with Gasteiger partial charge >= 0.3 is 5.97 Å². The Morgan fingerprint density at radius 3 is 0.835 bits per heavy atom. The van der Waals surface area contributed by atoms with Crippen molar-refractivity contribution in [1.29, 1.82) is 0 Å². The van der Waals surface area contributed by atoms with Crippen LogP contribution in [0.1, 0.15) is 483 Å². The first-order valence-corrected chi connectivity index (χ1v) is 42.1. The molecule has 0 saturated heterocycles. The fraction of sp³-hybridized carbons (Fsp3) is 0.929. The molecule has 6 nitrogen and oxygen atoms in total. The zero-order chi connectivity index (χ0) is 65.6. The first-order chi connectivity index (χ1) is 45.0. The summed E-state index contributed by atoms with van der Waals surface area (Å²) in [4.78, 5) is 24.7. The van der Waals surface area contributed by atoms with Crippen molar-refractivity contribution in [1.82, 2.24) is 5.32 Å². The molecule has 0 heterocycles. The van der Waals surface area contributed by atoms with Crippen LogP contribution < -0.4 is 5.32 Å². The number of nitrogens with one attached hydrogen (secondary N) is 1. The van der Waals surface area contributed by atoms with E-state index in [1.807, 2.05) is 0 Å². The predicted molar refractivity (Wildman–Crippen MR) is 403 cm³/mol. The van der Waals surface area contributed by atoms with E-state index >= 15 is 0 Å². The van der Waals surface area contributed by atoms with Gasteiger partial charge in [-0.3, -0.25) is 9.59 Å². The van der Waals surface area contributed by atoms with Crippen molar-refractivity contribution < 1.29 is 24.5 Å². The number of carbonyl (C=O) groups is 2. The second kappa shape index (κ2) is 80.8. The van der Waals surface area contributed by atoms with Crippen LogP contribution in [0, 0.1) is 0 Å². The van der Waals surface area contributed by atoms with E-state index in [0.717, 1.165) is 44.9 Å². The van der Waals surface area contributed by atoms with E-state index in [2.05, 4.69) is 43.5 Å². The predicted octanol–water partition coefficient (Wildman–Crippen LogP) is 28.0. The Labute approximate surface area is 571 Å². The summed E-state index contributed by atoms with van der Waals surface area (Å²) in [7, 11) is 0. The van der Waals surface area contributed by atoms with Gasteiger partial charge in [-0.2, -0.15) is 0 Å². The molecule has 0 aliphatic carbocycles. The average molecular weight is 1280 g/mol. The van der Waals surface area contributed by atoms with Gasteiger partial charge in [-0.1, -0.05) is 436 Å². The molecule has 91 heavy (non-hydrogen) atoms. The molecule has 2 unspecified atom stereocenters. The van der Waals surface area contributed by atoms with Crippen LogP contribution in [-0.4, -0.2) is 47.4 Å². The van der Waals surface area contributed by atoms with Gasteiger partial charge in [-0.15, -0.1) is 0 Å². The summed E-state index contributed by atoms with van der Waals surface area (Å²) in [5.74, 6) is -0.00522. The lowest BCUT2D eigenvalue weighted by Crippen LogP contribution is -2.45. The van der Waals surface area contributed by atoms with E-state index in [9.17, 15) is 19.8 Å². The van der Waals surface area contributed by atoms with Gasteiger partial charge < -0.3 is 20.3 Å². The van der Waals surface area contributed by atoms with E-state index in [1.54, 1.807) is 0 Å². The van der Waals surface area contributed by atoms with Crippen molar-refractivity contribution in [2.24, 2.45) is 0 Å². The minimum Gasteiger partial charge on any atom is -0.466 e. The molecule has 0 aromatic heterocycles. The molecule has 0 fully saturated rings. The number of hydrogen-bond donors (Lipinski definition) is 3. The zero-order valence-corrected chi connectivity index (χ0v) is 62.1. The highest BCUT2D eigenvalue weighted by molar-refractivity contribution is 5.76. The third-order valence-electron chi connectivity index (χ3n) is 20.0. The molecule has 3 N–H and O–H groups in total. The van der Waals surface area contributed by atoms with E-state index < -0.39 is 12.1 Å². The maximum absolute atomic E-state index is 12.6. The number of rotatable bonds is 80. The fourth-order valence-electron chi connectivity index (χ4n) is 13.6. The molecule has 0 aliphatic heterocycles. The monoisotopic (exact) mass is 1280 g/mol. The quantitative estimate of drug-likeness (QED) is 0.0320. The van der Waals surface area contributed by atoms with Crippen molar-refractivity contribution in [3.05, 3.63) is 24.3 Å². The van der Waals surface area contributed by atoms with Crippen LogP contribution in [0.25, 0.3) is 0 Å². The van der Waals surface area contributed by atoms with Crippen LogP contribution in [0.3, 0.4) is 0 Å². The fourth-order valence-corrected chi connectivity index (χ4v) is 13.6. The lowest BCUT2D eigenvalue weighted by atomic mass is 10.0. The molecule has 0 rings (SSSR count). The first-order valence-electron chi connectivity index (χ1n) is 42.1. The highest BCUT2D eigenvalue weighted by atomic mass is 16.5. The molecule has 2 atom stereocenters. The lowest BCUT2D eigenvalue weighted by Gasteiger charge is -2.22. The Morgan fingerprint density at radius 2 is 0.549 bits per heavy atom. The molecule has 0 saturated carbocycles. The van der Waals surface area contributed by atoms with Gasteiger partial charge in [0.25, 0.3) is 0 Å². The summed E-state index contributed by atoms with van der Waals surface area (Å²) in [6.45, 7) is 5.02. The number of aliphatic hydroxyl groups is 2. The molecule has 0 radical (unpaired) electrons. The number of allylic oxidation sites excluding steroid dienone is 4. The molecule has 540 valence electrons. The minimum absolute atomic E-state index is 0.0214. The SMILES string of the molecule is CCCCCCCCCCCCCCCCCCCCCCCCCC(O)C(CO)NC(=O)CCCCCCCCCCCCCCCCCCC/C=C\C/C=C\CCCCCCCCCCCCCOC(=O)CCCCCCCCCCCCCCCCCC. The summed E-state index contributed by atoms with van der Waals surface area (Å²) in [6.07, 6.45) is 104. The lowest BCUT2D eigenvalue weighted by molar-refractivity contribution is -0.143. The summed E-state index contributed by atoms with van der Waals surface area (Å²) >= 11 is 0. The Kier molecular flexibility index (Phi) is 79.3. The molecular weight excluding hydrogens is 1110 g/mol. The molecule has 0 aromatic carbocycles. The second-order valence-corrected chi connectivity index (χ2v) is 29.2. The van der Waals surface area contributed by atoms with Gasteiger partial charge in [-0.05, 0) is 57.8 Å².